The predicted molar refractivity (Wildman–Crippen MR) is 81.1 cm³/mol. The van der Waals surface area contributed by atoms with E-state index >= 15 is 0 Å². The van der Waals surface area contributed by atoms with E-state index in [0.29, 0.717) is 18.2 Å². The summed E-state index contributed by atoms with van der Waals surface area (Å²) in [5.41, 5.74) is 0.813. The van der Waals surface area contributed by atoms with Gasteiger partial charge < -0.3 is 10.1 Å². The van der Waals surface area contributed by atoms with E-state index in [2.05, 4.69) is 10.0 Å². The highest BCUT2D eigenvalue weighted by Gasteiger charge is 2.20. The Labute approximate surface area is 126 Å². The lowest BCUT2D eigenvalue weighted by atomic mass is 10.1. The van der Waals surface area contributed by atoms with E-state index in [1.165, 1.54) is 0 Å². The van der Waals surface area contributed by atoms with Crippen molar-refractivity contribution in [2.75, 3.05) is 26.7 Å². The van der Waals surface area contributed by atoms with Crippen molar-refractivity contribution in [2.24, 2.45) is 5.92 Å². The molecule has 7 heteroatoms. The van der Waals surface area contributed by atoms with Gasteiger partial charge in [0, 0.05) is 6.54 Å². The number of sulfonamides is 1. The number of nitrogens with one attached hydrogen (secondary N) is 2. The van der Waals surface area contributed by atoms with Gasteiger partial charge in [0.25, 0.3) is 0 Å². The van der Waals surface area contributed by atoms with Crippen LogP contribution in [0.15, 0.2) is 23.1 Å². The van der Waals surface area contributed by atoms with Crippen molar-refractivity contribution in [3.63, 3.8) is 0 Å². The van der Waals surface area contributed by atoms with Gasteiger partial charge in [-0.15, -0.1) is 12.4 Å². The molecule has 1 aliphatic rings. The summed E-state index contributed by atoms with van der Waals surface area (Å²) >= 11 is 0. The lowest BCUT2D eigenvalue weighted by molar-refractivity contribution is 0.411. The zero-order valence-corrected chi connectivity index (χ0v) is 13.3. The molecule has 1 atom stereocenters. The Balaban J connectivity index is 0.00000200. The molecule has 1 unspecified atom stereocenters. The topological polar surface area (TPSA) is 67.4 Å². The Morgan fingerprint density at radius 3 is 2.75 bits per heavy atom. The van der Waals surface area contributed by atoms with E-state index < -0.39 is 10.0 Å². The van der Waals surface area contributed by atoms with Gasteiger partial charge in [0.05, 0.1) is 12.0 Å². The third-order valence-corrected chi connectivity index (χ3v) is 4.82. The minimum absolute atomic E-state index is 0. The fraction of sp³-hybridized carbons (Fsp3) is 0.538. The minimum Gasteiger partial charge on any atom is -0.496 e. The molecule has 1 heterocycles. The number of ether oxygens (including phenoxy) is 1. The summed E-state index contributed by atoms with van der Waals surface area (Å²) in [7, 11) is -1.86. The average molecular weight is 321 g/mol. The lowest BCUT2D eigenvalue weighted by Gasteiger charge is -2.12. The van der Waals surface area contributed by atoms with E-state index in [1.54, 1.807) is 25.3 Å². The number of rotatable bonds is 5. The minimum atomic E-state index is -3.43. The second-order valence-corrected chi connectivity index (χ2v) is 6.61. The van der Waals surface area contributed by atoms with Crippen LogP contribution in [0.3, 0.4) is 0 Å². The monoisotopic (exact) mass is 320 g/mol. The Bertz CT molecular complexity index is 543. The number of hydrogen-bond donors (Lipinski definition) is 2. The van der Waals surface area contributed by atoms with Crippen molar-refractivity contribution in [2.45, 2.75) is 18.2 Å². The molecule has 1 aromatic rings. The molecular formula is C13H21ClN2O3S. The molecule has 2 N–H and O–H groups in total. The fourth-order valence-electron chi connectivity index (χ4n) is 2.22. The zero-order valence-electron chi connectivity index (χ0n) is 11.7. The van der Waals surface area contributed by atoms with E-state index in [1.807, 2.05) is 6.92 Å². The third kappa shape index (κ3) is 4.09. The van der Waals surface area contributed by atoms with Crippen LogP contribution in [0.25, 0.3) is 0 Å². The number of methoxy groups -OCH3 is 1. The molecule has 0 saturated carbocycles. The Morgan fingerprint density at radius 2 is 2.20 bits per heavy atom. The molecule has 0 bridgehead atoms. The summed E-state index contributed by atoms with van der Waals surface area (Å²) in [4.78, 5) is 0.289. The second-order valence-electron chi connectivity index (χ2n) is 4.84. The highest BCUT2D eigenvalue weighted by Crippen LogP contribution is 2.21. The molecule has 114 valence electrons. The highest BCUT2D eigenvalue weighted by molar-refractivity contribution is 7.89. The number of benzene rings is 1. The van der Waals surface area contributed by atoms with Crippen LogP contribution >= 0.6 is 12.4 Å². The first-order valence-electron chi connectivity index (χ1n) is 6.38. The first-order chi connectivity index (χ1) is 9.03. The van der Waals surface area contributed by atoms with Gasteiger partial charge in [-0.2, -0.15) is 0 Å². The molecule has 0 aromatic heterocycles. The molecule has 1 aromatic carbocycles. The Hall–Kier alpha value is -0.820. The highest BCUT2D eigenvalue weighted by atomic mass is 35.5. The first kappa shape index (κ1) is 17.2. The van der Waals surface area contributed by atoms with Crippen LogP contribution in [0, 0.1) is 12.8 Å². The summed E-state index contributed by atoms with van der Waals surface area (Å²) in [5, 5.41) is 3.22. The first-order valence-corrected chi connectivity index (χ1v) is 7.86. The molecule has 0 spiro atoms. The summed E-state index contributed by atoms with van der Waals surface area (Å²) in [6.45, 7) is 4.16. The molecule has 1 fully saturated rings. The smallest absolute Gasteiger partial charge is 0.240 e. The molecule has 0 radical (unpaired) electrons. The quantitative estimate of drug-likeness (QED) is 0.858. The largest absolute Gasteiger partial charge is 0.496 e. The molecule has 0 aliphatic carbocycles. The van der Waals surface area contributed by atoms with Crippen molar-refractivity contribution >= 4 is 22.4 Å². The number of halogens is 1. The van der Waals surface area contributed by atoms with Gasteiger partial charge in [0.1, 0.15) is 5.75 Å². The number of hydrogen-bond acceptors (Lipinski definition) is 4. The van der Waals surface area contributed by atoms with Crippen LogP contribution in [0.1, 0.15) is 12.0 Å². The average Bonchev–Trinajstić information content (AvgIpc) is 2.89. The zero-order chi connectivity index (χ0) is 13.9. The molecule has 1 saturated heterocycles. The summed E-state index contributed by atoms with van der Waals surface area (Å²) in [6, 6.07) is 4.89. The summed E-state index contributed by atoms with van der Waals surface area (Å²) in [6.07, 6.45) is 1.02. The van der Waals surface area contributed by atoms with Gasteiger partial charge in [0.2, 0.25) is 10.0 Å². The Morgan fingerprint density at radius 1 is 1.45 bits per heavy atom. The maximum absolute atomic E-state index is 12.2. The van der Waals surface area contributed by atoms with Gasteiger partial charge in [-0.3, -0.25) is 0 Å². The molecule has 5 nitrogen and oxygen atoms in total. The van der Waals surface area contributed by atoms with Crippen molar-refractivity contribution in [1.29, 1.82) is 0 Å². The van der Waals surface area contributed by atoms with Crippen molar-refractivity contribution in [3.05, 3.63) is 23.8 Å². The summed E-state index contributed by atoms with van der Waals surface area (Å²) < 4.78 is 32.1. The standard InChI is InChI=1S/C13H20N2O3S.ClH/c1-10-7-12(3-4-13(10)18-2)19(16,17)15-9-11-5-6-14-8-11;/h3-4,7,11,14-15H,5-6,8-9H2,1-2H3;1H. The van der Waals surface area contributed by atoms with Gasteiger partial charge in [-0.25, -0.2) is 13.1 Å². The van der Waals surface area contributed by atoms with Crippen molar-refractivity contribution in [1.82, 2.24) is 10.0 Å². The van der Waals surface area contributed by atoms with Crippen LogP contribution in [0.5, 0.6) is 5.75 Å². The molecule has 0 amide bonds. The van der Waals surface area contributed by atoms with Crippen LogP contribution in [-0.2, 0) is 10.0 Å². The third-order valence-electron chi connectivity index (χ3n) is 3.40. The molecular weight excluding hydrogens is 300 g/mol. The lowest BCUT2D eigenvalue weighted by Crippen LogP contribution is -2.30. The van der Waals surface area contributed by atoms with Crippen LogP contribution in [0.4, 0.5) is 0 Å². The predicted octanol–water partition coefficient (Wildman–Crippen LogP) is 1.31. The van der Waals surface area contributed by atoms with Crippen LogP contribution in [0.2, 0.25) is 0 Å². The molecule has 1 aliphatic heterocycles. The van der Waals surface area contributed by atoms with Crippen LogP contribution in [-0.4, -0.2) is 35.2 Å². The van der Waals surface area contributed by atoms with E-state index in [-0.39, 0.29) is 17.3 Å². The second kappa shape index (κ2) is 7.26. The van der Waals surface area contributed by atoms with Gasteiger partial charge in [-0.1, -0.05) is 0 Å². The van der Waals surface area contributed by atoms with Crippen molar-refractivity contribution < 1.29 is 13.2 Å². The fourth-order valence-corrected chi connectivity index (χ4v) is 3.42. The van der Waals surface area contributed by atoms with Gasteiger partial charge in [-0.05, 0) is 56.1 Å². The van der Waals surface area contributed by atoms with Crippen LogP contribution < -0.4 is 14.8 Å². The van der Waals surface area contributed by atoms with Gasteiger partial charge in [0.15, 0.2) is 0 Å². The normalized spacial score (nSPS) is 18.6. The Kier molecular flexibility index (Phi) is 6.26. The van der Waals surface area contributed by atoms with E-state index in [0.717, 1.165) is 25.1 Å². The van der Waals surface area contributed by atoms with E-state index in [4.69, 9.17) is 4.74 Å². The van der Waals surface area contributed by atoms with Crippen molar-refractivity contribution in [3.8, 4) is 5.75 Å². The summed E-state index contributed by atoms with van der Waals surface area (Å²) in [5.74, 6) is 1.08. The number of aryl methyl sites for hydroxylation is 1. The maximum Gasteiger partial charge on any atom is 0.240 e. The van der Waals surface area contributed by atoms with E-state index in [9.17, 15) is 8.42 Å². The maximum atomic E-state index is 12.2. The molecule has 2 rings (SSSR count). The SMILES string of the molecule is COc1ccc(S(=O)(=O)NCC2CCNC2)cc1C.Cl. The molecule has 20 heavy (non-hydrogen) atoms. The van der Waals surface area contributed by atoms with Gasteiger partial charge >= 0.3 is 0 Å².